The summed E-state index contributed by atoms with van der Waals surface area (Å²) in [4.78, 5) is 19.5. The number of carboxylic acids is 1. The van der Waals surface area contributed by atoms with Gasteiger partial charge in [0.15, 0.2) is 5.16 Å². The van der Waals surface area contributed by atoms with Crippen LogP contribution in [0.3, 0.4) is 0 Å². The van der Waals surface area contributed by atoms with Crippen molar-refractivity contribution in [2.24, 2.45) is 0 Å². The molecule has 0 aliphatic heterocycles. The molecule has 0 aromatic carbocycles. The summed E-state index contributed by atoms with van der Waals surface area (Å²) in [6, 6.07) is 3.46. The molecule has 0 saturated carbocycles. The summed E-state index contributed by atoms with van der Waals surface area (Å²) in [6.45, 7) is 5.60. The summed E-state index contributed by atoms with van der Waals surface area (Å²) in [5, 5.41) is 9.55. The number of thioether (sulfide) groups is 1. The highest BCUT2D eigenvalue weighted by Gasteiger charge is 2.13. The molecule has 1 N–H and O–H groups in total. The van der Waals surface area contributed by atoms with E-state index in [9.17, 15) is 4.79 Å². The number of hydrogen-bond donors (Lipinski definition) is 1. The molecule has 0 fully saturated rings. The molecule has 2 rings (SSSR count). The van der Waals surface area contributed by atoms with Gasteiger partial charge in [-0.1, -0.05) is 11.8 Å². The SMILES string of the molecule is Cc1cc(C)nc(SCc2cc(C(=O)O)oc2C)n1. The molecular weight excluding hydrogens is 264 g/mol. The van der Waals surface area contributed by atoms with Gasteiger partial charge in [0.2, 0.25) is 5.76 Å². The highest BCUT2D eigenvalue weighted by atomic mass is 32.2. The van der Waals surface area contributed by atoms with Gasteiger partial charge in [-0.15, -0.1) is 0 Å². The fourth-order valence-electron chi connectivity index (χ4n) is 1.67. The lowest BCUT2D eigenvalue weighted by Crippen LogP contribution is -1.93. The van der Waals surface area contributed by atoms with Crippen molar-refractivity contribution in [3.63, 3.8) is 0 Å². The Morgan fingerprint density at radius 3 is 2.42 bits per heavy atom. The van der Waals surface area contributed by atoms with E-state index >= 15 is 0 Å². The Morgan fingerprint density at radius 2 is 1.89 bits per heavy atom. The van der Waals surface area contributed by atoms with E-state index < -0.39 is 5.97 Å². The molecule has 0 aliphatic carbocycles. The van der Waals surface area contributed by atoms with Crippen LogP contribution in [-0.4, -0.2) is 21.0 Å². The molecule has 2 aromatic heterocycles. The summed E-state index contributed by atoms with van der Waals surface area (Å²) in [7, 11) is 0. The molecule has 0 radical (unpaired) electrons. The van der Waals surface area contributed by atoms with Crippen molar-refractivity contribution >= 4 is 17.7 Å². The van der Waals surface area contributed by atoms with Crippen LogP contribution in [0.15, 0.2) is 21.7 Å². The largest absolute Gasteiger partial charge is 0.475 e. The van der Waals surface area contributed by atoms with Crippen molar-refractivity contribution in [2.45, 2.75) is 31.7 Å². The maximum atomic E-state index is 10.8. The minimum atomic E-state index is -1.05. The molecular formula is C13H14N2O3S. The summed E-state index contributed by atoms with van der Waals surface area (Å²) in [5.41, 5.74) is 2.69. The fourth-order valence-corrected chi connectivity index (χ4v) is 2.66. The molecule has 0 spiro atoms. The number of hydrogen-bond acceptors (Lipinski definition) is 5. The van der Waals surface area contributed by atoms with Crippen LogP contribution in [0.5, 0.6) is 0 Å². The lowest BCUT2D eigenvalue weighted by atomic mass is 10.3. The minimum Gasteiger partial charge on any atom is -0.475 e. The van der Waals surface area contributed by atoms with Gasteiger partial charge in [-0.05, 0) is 32.9 Å². The van der Waals surface area contributed by atoms with E-state index in [0.29, 0.717) is 16.7 Å². The Labute approximate surface area is 115 Å². The Balaban J connectivity index is 2.12. The Bertz CT molecular complexity index is 602. The third-order valence-electron chi connectivity index (χ3n) is 2.55. The molecule has 0 amide bonds. The van der Waals surface area contributed by atoms with E-state index in [0.717, 1.165) is 17.0 Å². The second-order valence-electron chi connectivity index (χ2n) is 4.22. The van der Waals surface area contributed by atoms with Crippen molar-refractivity contribution in [2.75, 3.05) is 0 Å². The van der Waals surface area contributed by atoms with Gasteiger partial charge >= 0.3 is 5.97 Å². The number of nitrogens with zero attached hydrogens (tertiary/aromatic N) is 2. The van der Waals surface area contributed by atoms with Crippen LogP contribution in [0.25, 0.3) is 0 Å². The van der Waals surface area contributed by atoms with E-state index in [1.54, 1.807) is 13.0 Å². The van der Waals surface area contributed by atoms with Crippen molar-refractivity contribution in [3.8, 4) is 0 Å². The molecule has 2 aromatic rings. The van der Waals surface area contributed by atoms with Crippen molar-refractivity contribution in [1.29, 1.82) is 0 Å². The first-order valence-corrected chi connectivity index (χ1v) is 6.72. The van der Waals surface area contributed by atoms with Crippen molar-refractivity contribution in [1.82, 2.24) is 9.97 Å². The second-order valence-corrected chi connectivity index (χ2v) is 5.16. The monoisotopic (exact) mass is 278 g/mol. The molecule has 2 heterocycles. The second kappa shape index (κ2) is 5.44. The number of carboxylic acid groups (broad SMARTS) is 1. The molecule has 0 atom stereocenters. The number of aromatic nitrogens is 2. The quantitative estimate of drug-likeness (QED) is 0.684. The zero-order valence-electron chi connectivity index (χ0n) is 10.9. The first kappa shape index (κ1) is 13.6. The number of furan rings is 1. The lowest BCUT2D eigenvalue weighted by molar-refractivity contribution is 0.0661. The van der Waals surface area contributed by atoms with E-state index in [4.69, 9.17) is 9.52 Å². The Kier molecular flexibility index (Phi) is 3.90. The normalized spacial score (nSPS) is 10.7. The van der Waals surface area contributed by atoms with Crippen molar-refractivity contribution < 1.29 is 14.3 Å². The molecule has 19 heavy (non-hydrogen) atoms. The molecule has 5 nitrogen and oxygen atoms in total. The van der Waals surface area contributed by atoms with Crippen LogP contribution in [-0.2, 0) is 5.75 Å². The molecule has 6 heteroatoms. The van der Waals surface area contributed by atoms with Crippen LogP contribution in [0.2, 0.25) is 0 Å². The zero-order chi connectivity index (χ0) is 14.0. The van der Waals surface area contributed by atoms with Gasteiger partial charge in [0.1, 0.15) is 5.76 Å². The van der Waals surface area contributed by atoms with E-state index in [-0.39, 0.29) is 5.76 Å². The summed E-state index contributed by atoms with van der Waals surface area (Å²) < 4.78 is 5.16. The number of aromatic carboxylic acids is 1. The molecule has 100 valence electrons. The maximum absolute atomic E-state index is 10.8. The number of carbonyl (C=O) groups is 1. The first-order chi connectivity index (χ1) is 8.95. The highest BCUT2D eigenvalue weighted by molar-refractivity contribution is 7.98. The van der Waals surface area contributed by atoms with E-state index in [1.807, 2.05) is 19.9 Å². The minimum absolute atomic E-state index is 0.0329. The summed E-state index contributed by atoms with van der Waals surface area (Å²) in [6.07, 6.45) is 0. The average Bonchev–Trinajstić information content (AvgIpc) is 2.67. The molecule has 0 aliphatic rings. The van der Waals surface area contributed by atoms with Gasteiger partial charge < -0.3 is 9.52 Å². The Hall–Kier alpha value is -1.82. The predicted molar refractivity (Wildman–Crippen MR) is 71.5 cm³/mol. The zero-order valence-corrected chi connectivity index (χ0v) is 11.7. The van der Waals surface area contributed by atoms with E-state index in [1.165, 1.54) is 11.8 Å². The predicted octanol–water partition coefficient (Wildman–Crippen LogP) is 2.99. The molecule has 0 bridgehead atoms. The van der Waals surface area contributed by atoms with Gasteiger partial charge in [-0.3, -0.25) is 0 Å². The van der Waals surface area contributed by atoms with E-state index in [2.05, 4.69) is 9.97 Å². The van der Waals surface area contributed by atoms with Crippen LogP contribution in [0, 0.1) is 20.8 Å². The van der Waals surface area contributed by atoms with Gasteiger partial charge in [0, 0.05) is 22.7 Å². The number of aryl methyl sites for hydroxylation is 3. The first-order valence-electron chi connectivity index (χ1n) is 5.73. The standard InChI is InChI=1S/C13H14N2O3S/c1-7-4-8(2)15-13(14-7)19-6-10-5-11(12(16)17)18-9(10)3/h4-5H,6H2,1-3H3,(H,16,17). The third kappa shape index (κ3) is 3.35. The third-order valence-corrected chi connectivity index (χ3v) is 3.45. The van der Waals surface area contributed by atoms with Crippen LogP contribution < -0.4 is 0 Å². The van der Waals surface area contributed by atoms with Crippen LogP contribution >= 0.6 is 11.8 Å². The highest BCUT2D eigenvalue weighted by Crippen LogP contribution is 2.24. The lowest BCUT2D eigenvalue weighted by Gasteiger charge is -2.02. The van der Waals surface area contributed by atoms with Gasteiger partial charge in [0.25, 0.3) is 0 Å². The Morgan fingerprint density at radius 1 is 1.26 bits per heavy atom. The van der Waals surface area contributed by atoms with Crippen LogP contribution in [0.4, 0.5) is 0 Å². The fraction of sp³-hybridized carbons (Fsp3) is 0.308. The van der Waals surface area contributed by atoms with Crippen molar-refractivity contribution in [3.05, 3.63) is 40.6 Å². The van der Waals surface area contributed by atoms with Gasteiger partial charge in [-0.25, -0.2) is 14.8 Å². The van der Waals surface area contributed by atoms with Gasteiger partial charge in [-0.2, -0.15) is 0 Å². The topological polar surface area (TPSA) is 76.2 Å². The average molecular weight is 278 g/mol. The van der Waals surface area contributed by atoms with Gasteiger partial charge in [0.05, 0.1) is 0 Å². The summed E-state index contributed by atoms with van der Waals surface area (Å²) >= 11 is 1.47. The number of rotatable bonds is 4. The molecule has 0 unspecified atom stereocenters. The summed E-state index contributed by atoms with van der Waals surface area (Å²) in [5.74, 6) is 0.122. The maximum Gasteiger partial charge on any atom is 0.371 e. The molecule has 0 saturated heterocycles. The van der Waals surface area contributed by atoms with Crippen LogP contribution in [0.1, 0.15) is 33.3 Å². The smallest absolute Gasteiger partial charge is 0.371 e.